The quantitative estimate of drug-likeness (QED) is 0.576. The molecule has 1 aromatic heterocycles. The maximum absolute atomic E-state index is 13.5. The predicted octanol–water partition coefficient (Wildman–Crippen LogP) is 4.48. The fourth-order valence-corrected chi connectivity index (χ4v) is 4.51. The van der Waals surface area contributed by atoms with Gasteiger partial charge in [0.15, 0.2) is 5.49 Å². The standard InChI is InChI=1S/C26H34F3N3O4/c1-24(2,3)21-12-22(32(31(21)5)13-18-7-6-10-35-18)30-23(33)19-11-17(26(27,28)29)8-9-20(19)36-16-25(4)14-34-15-25/h8-9,11-12,18H,6-7,10,13-16H2,1-5H3/b30-22+/t18-/m1/s1. The first-order chi connectivity index (χ1) is 16.8. The summed E-state index contributed by atoms with van der Waals surface area (Å²) >= 11 is 0. The van der Waals surface area contributed by atoms with Crippen molar-refractivity contribution in [1.29, 1.82) is 0 Å². The SMILES string of the molecule is Cn1c(C(C)(C)C)c/c(=N\C(=O)c2cc(C(F)(F)F)ccc2OCC2(C)COC2)n1C[C@H]1CCCO1. The first kappa shape index (κ1) is 26.5. The van der Waals surface area contributed by atoms with Crippen LogP contribution in [0.15, 0.2) is 29.3 Å². The van der Waals surface area contributed by atoms with E-state index in [-0.39, 0.29) is 34.9 Å². The molecule has 36 heavy (non-hydrogen) atoms. The molecule has 198 valence electrons. The Morgan fingerprint density at radius 1 is 1.22 bits per heavy atom. The molecule has 0 bridgehead atoms. The molecule has 0 spiro atoms. The molecule has 2 aliphatic heterocycles. The zero-order valence-electron chi connectivity index (χ0n) is 21.4. The van der Waals surface area contributed by atoms with E-state index in [0.29, 0.717) is 31.9 Å². The number of ether oxygens (including phenoxy) is 3. The monoisotopic (exact) mass is 509 g/mol. The van der Waals surface area contributed by atoms with Crippen molar-refractivity contribution in [2.45, 2.75) is 64.8 Å². The molecule has 1 atom stereocenters. The predicted molar refractivity (Wildman–Crippen MR) is 127 cm³/mol. The van der Waals surface area contributed by atoms with Gasteiger partial charge in [-0.15, -0.1) is 0 Å². The molecule has 0 unspecified atom stereocenters. The summed E-state index contributed by atoms with van der Waals surface area (Å²) in [6.07, 6.45) is -2.77. The van der Waals surface area contributed by atoms with Gasteiger partial charge in [0, 0.05) is 36.2 Å². The van der Waals surface area contributed by atoms with Crippen molar-refractivity contribution in [1.82, 2.24) is 9.36 Å². The van der Waals surface area contributed by atoms with Gasteiger partial charge in [0.2, 0.25) is 0 Å². The van der Waals surface area contributed by atoms with Crippen molar-refractivity contribution in [3.8, 4) is 5.75 Å². The van der Waals surface area contributed by atoms with Gasteiger partial charge < -0.3 is 14.2 Å². The van der Waals surface area contributed by atoms with Crippen LogP contribution in [0.4, 0.5) is 13.2 Å². The molecule has 4 rings (SSSR count). The van der Waals surface area contributed by atoms with Gasteiger partial charge in [-0.25, -0.2) is 0 Å². The van der Waals surface area contributed by atoms with Gasteiger partial charge in [0.1, 0.15) is 5.75 Å². The van der Waals surface area contributed by atoms with Crippen molar-refractivity contribution in [2.24, 2.45) is 17.5 Å². The zero-order valence-corrected chi connectivity index (χ0v) is 21.4. The topological polar surface area (TPSA) is 67.0 Å². The van der Waals surface area contributed by atoms with Crippen LogP contribution in [0.25, 0.3) is 0 Å². The zero-order chi connectivity index (χ0) is 26.3. The van der Waals surface area contributed by atoms with Crippen LogP contribution in [-0.2, 0) is 34.7 Å². The summed E-state index contributed by atoms with van der Waals surface area (Å²) in [4.78, 5) is 17.7. The third-order valence-electron chi connectivity index (χ3n) is 6.64. The smallest absolute Gasteiger partial charge is 0.416 e. The maximum atomic E-state index is 13.5. The number of carbonyl (C=O) groups excluding carboxylic acids is 1. The Morgan fingerprint density at radius 2 is 1.94 bits per heavy atom. The van der Waals surface area contributed by atoms with E-state index in [1.165, 1.54) is 6.07 Å². The molecular formula is C26H34F3N3O4. The van der Waals surface area contributed by atoms with Gasteiger partial charge >= 0.3 is 6.18 Å². The van der Waals surface area contributed by atoms with Crippen LogP contribution < -0.4 is 10.2 Å². The van der Waals surface area contributed by atoms with Crippen LogP contribution in [0.3, 0.4) is 0 Å². The van der Waals surface area contributed by atoms with E-state index < -0.39 is 17.6 Å². The second-order valence-electron chi connectivity index (χ2n) is 11.1. The van der Waals surface area contributed by atoms with Gasteiger partial charge in [-0.2, -0.15) is 18.2 Å². The van der Waals surface area contributed by atoms with E-state index in [2.05, 4.69) is 4.99 Å². The molecule has 7 nitrogen and oxygen atoms in total. The molecule has 2 fully saturated rings. The summed E-state index contributed by atoms with van der Waals surface area (Å²) in [7, 11) is 1.89. The van der Waals surface area contributed by atoms with Crippen molar-refractivity contribution < 1.29 is 32.2 Å². The minimum Gasteiger partial charge on any atom is -0.492 e. The van der Waals surface area contributed by atoms with E-state index in [4.69, 9.17) is 14.2 Å². The molecule has 0 N–H and O–H groups in total. The van der Waals surface area contributed by atoms with Gasteiger partial charge in [-0.3, -0.25) is 14.2 Å². The fraction of sp³-hybridized carbons (Fsp3) is 0.615. The fourth-order valence-electron chi connectivity index (χ4n) is 4.51. The van der Waals surface area contributed by atoms with E-state index in [0.717, 1.165) is 30.7 Å². The summed E-state index contributed by atoms with van der Waals surface area (Å²) in [5.74, 6) is -0.721. The number of hydrogen-bond acceptors (Lipinski definition) is 4. The highest BCUT2D eigenvalue weighted by Crippen LogP contribution is 2.34. The average Bonchev–Trinajstić information content (AvgIpc) is 3.39. The van der Waals surface area contributed by atoms with Crippen molar-refractivity contribution in [3.05, 3.63) is 46.6 Å². The number of aromatic nitrogens is 2. The summed E-state index contributed by atoms with van der Waals surface area (Å²) in [6, 6.07) is 4.75. The van der Waals surface area contributed by atoms with E-state index >= 15 is 0 Å². The van der Waals surface area contributed by atoms with E-state index in [1.54, 1.807) is 0 Å². The largest absolute Gasteiger partial charge is 0.492 e. The van der Waals surface area contributed by atoms with Crippen LogP contribution >= 0.6 is 0 Å². The number of rotatable bonds is 6. The Labute approximate surface area is 208 Å². The molecule has 0 saturated carbocycles. The minimum atomic E-state index is -4.60. The van der Waals surface area contributed by atoms with Crippen molar-refractivity contribution in [2.75, 3.05) is 26.4 Å². The minimum absolute atomic E-state index is 0.0154. The Bertz CT molecular complexity index is 1180. The Balaban J connectivity index is 1.75. The van der Waals surface area contributed by atoms with Crippen LogP contribution in [-0.4, -0.2) is 47.8 Å². The normalized spacial score (nSPS) is 20.4. The Hall–Kier alpha value is -2.59. The van der Waals surface area contributed by atoms with Gasteiger partial charge in [0.25, 0.3) is 5.91 Å². The second-order valence-corrected chi connectivity index (χ2v) is 11.1. The molecule has 0 radical (unpaired) electrons. The number of hydrogen-bond donors (Lipinski definition) is 0. The molecule has 2 aliphatic rings. The van der Waals surface area contributed by atoms with Crippen molar-refractivity contribution >= 4 is 5.91 Å². The molecule has 1 aromatic carbocycles. The summed E-state index contributed by atoms with van der Waals surface area (Å²) in [5.41, 5.74) is -0.336. The molecule has 2 saturated heterocycles. The highest BCUT2D eigenvalue weighted by Gasteiger charge is 2.36. The lowest BCUT2D eigenvalue weighted by Gasteiger charge is -2.37. The molecule has 3 heterocycles. The van der Waals surface area contributed by atoms with Crippen LogP contribution in [0, 0.1) is 5.41 Å². The third-order valence-corrected chi connectivity index (χ3v) is 6.64. The number of benzene rings is 1. The van der Waals surface area contributed by atoms with Crippen LogP contribution in [0.2, 0.25) is 0 Å². The highest BCUT2D eigenvalue weighted by molar-refractivity contribution is 5.97. The average molecular weight is 510 g/mol. The third kappa shape index (κ3) is 5.70. The number of nitrogens with zero attached hydrogens (tertiary/aromatic N) is 3. The van der Waals surface area contributed by atoms with Gasteiger partial charge in [-0.1, -0.05) is 27.7 Å². The number of amides is 1. The molecule has 10 heteroatoms. The van der Waals surface area contributed by atoms with Crippen LogP contribution in [0.5, 0.6) is 5.75 Å². The van der Waals surface area contributed by atoms with Gasteiger partial charge in [-0.05, 0) is 31.0 Å². The van der Waals surface area contributed by atoms with Gasteiger partial charge in [0.05, 0.1) is 43.6 Å². The summed E-state index contributed by atoms with van der Waals surface area (Å²) in [5, 5.41) is 0. The first-order valence-corrected chi connectivity index (χ1v) is 12.2. The molecular weight excluding hydrogens is 475 g/mol. The van der Waals surface area contributed by atoms with Crippen molar-refractivity contribution in [3.63, 3.8) is 0 Å². The summed E-state index contributed by atoms with van der Waals surface area (Å²) < 4.78 is 61.1. The van der Waals surface area contributed by atoms with E-state index in [9.17, 15) is 18.0 Å². The molecule has 2 aromatic rings. The van der Waals surface area contributed by atoms with Crippen LogP contribution in [0.1, 0.15) is 62.2 Å². The number of carbonyl (C=O) groups is 1. The highest BCUT2D eigenvalue weighted by atomic mass is 19.4. The molecule has 1 amide bonds. The maximum Gasteiger partial charge on any atom is 0.416 e. The Morgan fingerprint density at radius 3 is 2.50 bits per heavy atom. The lowest BCUT2D eigenvalue weighted by molar-refractivity contribution is -0.137. The second kappa shape index (κ2) is 9.70. The number of halogens is 3. The first-order valence-electron chi connectivity index (χ1n) is 12.2. The Kier molecular flexibility index (Phi) is 7.13. The number of alkyl halides is 3. The lowest BCUT2D eigenvalue weighted by atomic mass is 9.90. The molecule has 0 aliphatic carbocycles. The lowest BCUT2D eigenvalue weighted by Crippen LogP contribution is -2.44. The van der Waals surface area contributed by atoms with E-state index in [1.807, 2.05) is 50.2 Å². The summed E-state index contributed by atoms with van der Waals surface area (Å²) in [6.45, 7) is 10.5.